The third-order valence-corrected chi connectivity index (χ3v) is 4.43. The predicted molar refractivity (Wildman–Crippen MR) is 52.8 cm³/mol. The van der Waals surface area contributed by atoms with Gasteiger partial charge in [0, 0.05) is 0 Å². The molecule has 14 heavy (non-hydrogen) atoms. The molecule has 0 bridgehead atoms. The van der Waals surface area contributed by atoms with E-state index in [2.05, 4.69) is 25.7 Å². The van der Waals surface area contributed by atoms with Crippen molar-refractivity contribution in [3.05, 3.63) is 0 Å². The highest BCUT2D eigenvalue weighted by Gasteiger charge is 2.68. The van der Waals surface area contributed by atoms with Gasteiger partial charge in [0.25, 0.3) is 0 Å². The average Bonchev–Trinajstić information content (AvgIpc) is 2.72. The van der Waals surface area contributed by atoms with Gasteiger partial charge in [0.05, 0.1) is 18.8 Å². The molecule has 80 valence electrons. The van der Waals surface area contributed by atoms with Crippen molar-refractivity contribution in [2.45, 2.75) is 57.0 Å². The summed E-state index contributed by atoms with van der Waals surface area (Å²) < 4.78 is 12.0. The molecule has 3 heterocycles. The molecule has 0 amide bonds. The average molecular weight is 197 g/mol. The maximum absolute atomic E-state index is 6.00. The van der Waals surface area contributed by atoms with Gasteiger partial charge in [-0.15, -0.1) is 0 Å². The first-order valence-electron chi connectivity index (χ1n) is 5.63. The number of nitrogens with zero attached hydrogens (tertiary/aromatic N) is 1. The molecule has 3 atom stereocenters. The summed E-state index contributed by atoms with van der Waals surface area (Å²) in [6.07, 6.45) is 3.33. The topological polar surface area (TPSA) is 21.7 Å². The van der Waals surface area contributed by atoms with Crippen LogP contribution in [0.4, 0.5) is 0 Å². The molecule has 0 spiro atoms. The van der Waals surface area contributed by atoms with Crippen molar-refractivity contribution < 1.29 is 9.47 Å². The van der Waals surface area contributed by atoms with E-state index in [4.69, 9.17) is 9.47 Å². The highest BCUT2D eigenvalue weighted by molar-refractivity contribution is 5.13. The largest absolute Gasteiger partial charge is 0.359 e. The molecule has 0 aromatic heterocycles. The van der Waals surface area contributed by atoms with Crippen LogP contribution in [-0.4, -0.2) is 35.1 Å². The fraction of sp³-hybridized carbons (Fsp3) is 1.00. The minimum Gasteiger partial charge on any atom is -0.359 e. The summed E-state index contributed by atoms with van der Waals surface area (Å²) in [7, 11) is 0. The number of hydrogen-bond acceptors (Lipinski definition) is 3. The van der Waals surface area contributed by atoms with Crippen LogP contribution in [0.3, 0.4) is 0 Å². The zero-order valence-corrected chi connectivity index (χ0v) is 9.30. The van der Waals surface area contributed by atoms with Crippen LogP contribution < -0.4 is 0 Å². The zero-order valence-electron chi connectivity index (χ0n) is 9.30. The SMILES string of the molecule is CCC12CO[C@]3(C)CC[C@](C)(OC1)N23. The van der Waals surface area contributed by atoms with Gasteiger partial charge in [-0.2, -0.15) is 0 Å². The summed E-state index contributed by atoms with van der Waals surface area (Å²) in [4.78, 5) is 2.51. The molecule has 0 N–H and O–H groups in total. The van der Waals surface area contributed by atoms with Crippen LogP contribution in [0.15, 0.2) is 0 Å². The fourth-order valence-electron chi connectivity index (χ4n) is 3.58. The third kappa shape index (κ3) is 0.802. The van der Waals surface area contributed by atoms with Crippen LogP contribution in [0, 0.1) is 0 Å². The molecule has 3 fully saturated rings. The number of rotatable bonds is 1. The molecule has 3 saturated heterocycles. The van der Waals surface area contributed by atoms with E-state index in [1.165, 1.54) is 0 Å². The Morgan fingerprint density at radius 1 is 1.07 bits per heavy atom. The van der Waals surface area contributed by atoms with E-state index in [1.807, 2.05) is 0 Å². The maximum Gasteiger partial charge on any atom is 0.121 e. The van der Waals surface area contributed by atoms with Crippen LogP contribution in [0.5, 0.6) is 0 Å². The van der Waals surface area contributed by atoms with Crippen LogP contribution >= 0.6 is 0 Å². The molecular formula is C11H19NO2. The van der Waals surface area contributed by atoms with Crippen LogP contribution in [0.1, 0.15) is 40.0 Å². The van der Waals surface area contributed by atoms with E-state index >= 15 is 0 Å². The Bertz CT molecular complexity index is 258. The maximum atomic E-state index is 6.00. The number of ether oxygens (including phenoxy) is 2. The van der Waals surface area contributed by atoms with E-state index in [-0.39, 0.29) is 17.0 Å². The van der Waals surface area contributed by atoms with Crippen LogP contribution in [0.2, 0.25) is 0 Å². The summed E-state index contributed by atoms with van der Waals surface area (Å²) in [5.74, 6) is 0. The van der Waals surface area contributed by atoms with Crippen molar-refractivity contribution in [3.63, 3.8) is 0 Å². The van der Waals surface area contributed by atoms with E-state index in [0.29, 0.717) is 0 Å². The second-order valence-electron chi connectivity index (χ2n) is 5.34. The van der Waals surface area contributed by atoms with Gasteiger partial charge in [-0.05, 0) is 33.1 Å². The monoisotopic (exact) mass is 197 g/mol. The van der Waals surface area contributed by atoms with Gasteiger partial charge >= 0.3 is 0 Å². The van der Waals surface area contributed by atoms with Crippen molar-refractivity contribution in [1.82, 2.24) is 4.90 Å². The standard InChI is InChI=1S/C11H19NO2/c1-4-11-7-13-9(2)5-6-10(3,12(9)11)14-8-11/h4-8H2,1-3H3/t9-,10+,11?. The van der Waals surface area contributed by atoms with Crippen LogP contribution in [-0.2, 0) is 9.47 Å². The molecule has 3 aliphatic rings. The summed E-state index contributed by atoms with van der Waals surface area (Å²) in [5, 5.41) is 0. The van der Waals surface area contributed by atoms with Crippen molar-refractivity contribution in [2.75, 3.05) is 13.2 Å². The minimum atomic E-state index is -0.0543. The molecule has 0 saturated carbocycles. The minimum absolute atomic E-state index is 0.0543. The van der Waals surface area contributed by atoms with Crippen molar-refractivity contribution >= 4 is 0 Å². The molecule has 0 aromatic carbocycles. The molecular weight excluding hydrogens is 178 g/mol. The second-order valence-corrected chi connectivity index (χ2v) is 5.34. The first-order valence-corrected chi connectivity index (χ1v) is 5.63. The predicted octanol–water partition coefficient (Wildman–Crippen LogP) is 1.72. The van der Waals surface area contributed by atoms with E-state index in [1.54, 1.807) is 0 Å². The zero-order chi connectivity index (χ0) is 10.0. The first kappa shape index (κ1) is 9.13. The van der Waals surface area contributed by atoms with Gasteiger partial charge in [-0.3, -0.25) is 0 Å². The summed E-state index contributed by atoms with van der Waals surface area (Å²) >= 11 is 0. The lowest BCUT2D eigenvalue weighted by Crippen LogP contribution is -2.53. The molecule has 3 heteroatoms. The third-order valence-electron chi connectivity index (χ3n) is 4.43. The van der Waals surface area contributed by atoms with E-state index in [0.717, 1.165) is 32.5 Å². The summed E-state index contributed by atoms with van der Waals surface area (Å²) in [6.45, 7) is 8.35. The van der Waals surface area contributed by atoms with E-state index < -0.39 is 0 Å². The molecule has 0 radical (unpaired) electrons. The van der Waals surface area contributed by atoms with Crippen molar-refractivity contribution in [3.8, 4) is 0 Å². The highest BCUT2D eigenvalue weighted by Crippen LogP contribution is 2.56. The van der Waals surface area contributed by atoms with E-state index in [9.17, 15) is 0 Å². The van der Waals surface area contributed by atoms with Gasteiger partial charge < -0.3 is 9.47 Å². The Morgan fingerprint density at radius 2 is 1.57 bits per heavy atom. The molecule has 3 aliphatic heterocycles. The fourth-order valence-corrected chi connectivity index (χ4v) is 3.58. The Kier molecular flexibility index (Phi) is 1.53. The summed E-state index contributed by atoms with van der Waals surface area (Å²) in [6, 6.07) is 0. The Morgan fingerprint density at radius 3 is 2.00 bits per heavy atom. The second kappa shape index (κ2) is 2.34. The molecule has 3 nitrogen and oxygen atoms in total. The van der Waals surface area contributed by atoms with Gasteiger partial charge in [-0.1, -0.05) is 6.92 Å². The number of hydrogen-bond donors (Lipinski definition) is 0. The Hall–Kier alpha value is -0.120. The highest BCUT2D eigenvalue weighted by atomic mass is 16.6. The lowest BCUT2D eigenvalue weighted by atomic mass is 9.97. The van der Waals surface area contributed by atoms with Crippen molar-refractivity contribution in [1.29, 1.82) is 0 Å². The molecule has 0 aliphatic carbocycles. The van der Waals surface area contributed by atoms with Gasteiger partial charge in [0.15, 0.2) is 0 Å². The molecule has 0 aromatic rings. The lowest BCUT2D eigenvalue weighted by molar-refractivity contribution is -0.124. The quantitative estimate of drug-likeness (QED) is 0.639. The first-order chi connectivity index (χ1) is 6.55. The Balaban J connectivity index is 2.08. The Labute approximate surface area is 85.4 Å². The summed E-state index contributed by atoms with van der Waals surface area (Å²) in [5.41, 5.74) is 0.0581. The van der Waals surface area contributed by atoms with Crippen LogP contribution in [0.25, 0.3) is 0 Å². The lowest BCUT2D eigenvalue weighted by Gasteiger charge is -2.37. The van der Waals surface area contributed by atoms with Gasteiger partial charge in [0.2, 0.25) is 0 Å². The van der Waals surface area contributed by atoms with Gasteiger partial charge in [0.1, 0.15) is 11.4 Å². The molecule has 1 unspecified atom stereocenters. The smallest absolute Gasteiger partial charge is 0.121 e. The van der Waals surface area contributed by atoms with Crippen molar-refractivity contribution in [2.24, 2.45) is 0 Å². The normalized spacial score (nSPS) is 56.8. The van der Waals surface area contributed by atoms with Gasteiger partial charge in [-0.25, -0.2) is 4.90 Å². The molecule has 3 rings (SSSR count).